The van der Waals surface area contributed by atoms with Gasteiger partial charge in [-0.15, -0.1) is 0 Å². The molecule has 162 valence electrons. The van der Waals surface area contributed by atoms with Crippen LogP contribution in [0.4, 0.5) is 4.79 Å². The second-order valence-electron chi connectivity index (χ2n) is 8.53. The van der Waals surface area contributed by atoms with Crippen molar-refractivity contribution < 1.29 is 23.5 Å². The summed E-state index contributed by atoms with van der Waals surface area (Å²) in [4.78, 5) is 44.3. The number of hydrogen-bond acceptors (Lipinski definition) is 6. The van der Waals surface area contributed by atoms with Gasteiger partial charge < -0.3 is 19.4 Å². The Morgan fingerprint density at radius 1 is 1.22 bits per heavy atom. The minimum Gasteiger partial charge on any atom is -0.497 e. The zero-order valence-corrected chi connectivity index (χ0v) is 17.3. The van der Waals surface area contributed by atoms with Gasteiger partial charge in [-0.25, -0.2) is 4.79 Å². The molecule has 9 nitrogen and oxygen atoms in total. The van der Waals surface area contributed by atoms with E-state index in [0.717, 1.165) is 29.5 Å². The highest BCUT2D eigenvalue weighted by Crippen LogP contribution is 2.41. The molecule has 4 heterocycles. The van der Waals surface area contributed by atoms with Crippen molar-refractivity contribution in [1.82, 2.24) is 20.5 Å². The fourth-order valence-corrected chi connectivity index (χ4v) is 4.50. The molecule has 3 aromatic rings. The van der Waals surface area contributed by atoms with Gasteiger partial charge >= 0.3 is 6.03 Å². The number of imide groups is 1. The quantitative estimate of drug-likeness (QED) is 0.599. The Kier molecular flexibility index (Phi) is 3.86. The summed E-state index contributed by atoms with van der Waals surface area (Å²) in [5, 5.41) is 5.74. The van der Waals surface area contributed by atoms with E-state index in [2.05, 4.69) is 15.6 Å². The highest BCUT2D eigenvalue weighted by Gasteiger charge is 2.53. The smallest absolute Gasteiger partial charge is 0.322 e. The van der Waals surface area contributed by atoms with Gasteiger partial charge in [0.25, 0.3) is 11.8 Å². The van der Waals surface area contributed by atoms with E-state index in [4.69, 9.17) is 9.15 Å². The molecule has 3 aliphatic rings. The number of urea groups is 1. The van der Waals surface area contributed by atoms with Gasteiger partial charge in [-0.05, 0) is 36.6 Å². The molecule has 1 aromatic carbocycles. The maximum Gasteiger partial charge on any atom is 0.322 e. The molecule has 0 spiro atoms. The summed E-state index contributed by atoms with van der Waals surface area (Å²) in [5.74, 6) is 0.511. The molecule has 2 N–H and O–H groups in total. The maximum absolute atomic E-state index is 13.1. The fourth-order valence-electron chi connectivity index (χ4n) is 4.50. The molecule has 1 saturated carbocycles. The lowest BCUT2D eigenvalue weighted by molar-refractivity contribution is -0.125. The second kappa shape index (κ2) is 6.56. The number of nitrogens with one attached hydrogen (secondary N) is 2. The molecular formula is C23H20N4O5. The molecular weight excluding hydrogens is 412 g/mol. The fraction of sp³-hybridized carbons (Fsp3) is 0.304. The summed E-state index contributed by atoms with van der Waals surface area (Å²) in [6, 6.07) is 8.28. The average Bonchev–Trinajstić information content (AvgIpc) is 3.39. The van der Waals surface area contributed by atoms with Crippen LogP contribution in [-0.4, -0.2) is 41.4 Å². The number of fused-ring (bicyclic) bond motifs is 2. The molecule has 2 fully saturated rings. The Morgan fingerprint density at radius 3 is 2.78 bits per heavy atom. The highest BCUT2D eigenvalue weighted by molar-refractivity contribution is 6.08. The monoisotopic (exact) mass is 432 g/mol. The summed E-state index contributed by atoms with van der Waals surface area (Å²) in [7, 11) is 1.54. The van der Waals surface area contributed by atoms with Crippen molar-refractivity contribution in [1.29, 1.82) is 0 Å². The van der Waals surface area contributed by atoms with Crippen molar-refractivity contribution in [3.05, 3.63) is 59.1 Å². The Hall–Kier alpha value is -3.88. The zero-order chi connectivity index (χ0) is 22.0. The van der Waals surface area contributed by atoms with Crippen LogP contribution >= 0.6 is 0 Å². The van der Waals surface area contributed by atoms with E-state index in [9.17, 15) is 14.4 Å². The van der Waals surface area contributed by atoms with Gasteiger partial charge in [0, 0.05) is 41.4 Å². The van der Waals surface area contributed by atoms with Gasteiger partial charge in [-0.3, -0.25) is 19.9 Å². The topological polar surface area (TPSA) is 114 Å². The predicted molar refractivity (Wildman–Crippen MR) is 112 cm³/mol. The first-order valence-corrected chi connectivity index (χ1v) is 10.5. The number of amides is 4. The van der Waals surface area contributed by atoms with Crippen LogP contribution in [0, 0.1) is 0 Å². The molecule has 1 atom stereocenters. The molecule has 2 aliphatic heterocycles. The Labute approximate surface area is 182 Å². The first kappa shape index (κ1) is 18.9. The summed E-state index contributed by atoms with van der Waals surface area (Å²) in [6.07, 6.45) is 3.94. The number of rotatable bonds is 5. The summed E-state index contributed by atoms with van der Waals surface area (Å²) >= 11 is 0. The third-order valence-electron chi connectivity index (χ3n) is 6.40. The van der Waals surface area contributed by atoms with Gasteiger partial charge in [-0.2, -0.15) is 0 Å². The van der Waals surface area contributed by atoms with E-state index >= 15 is 0 Å². The number of furan rings is 1. The predicted octanol–water partition coefficient (Wildman–Crippen LogP) is 2.40. The van der Waals surface area contributed by atoms with Crippen molar-refractivity contribution in [3.8, 4) is 5.75 Å². The molecule has 2 aromatic heterocycles. The van der Waals surface area contributed by atoms with Crippen molar-refractivity contribution in [2.24, 2.45) is 0 Å². The standard InChI is InChI=1S/C23H20N4O5/c1-31-15-5-4-13-10-27(20(28)16(13)7-15)11-23(21(29)25-22(30)26-23)19-6-14-9-24-17(12-2-3-12)8-18(14)32-19/h4-9,12H,2-3,10-11H2,1H3,(H2,25,26,29,30). The molecule has 1 unspecified atom stereocenters. The van der Waals surface area contributed by atoms with Crippen LogP contribution in [0.1, 0.15) is 46.1 Å². The molecule has 32 heavy (non-hydrogen) atoms. The Bertz CT molecular complexity index is 1310. The van der Waals surface area contributed by atoms with Crippen LogP contribution in [0.2, 0.25) is 0 Å². The summed E-state index contributed by atoms with van der Waals surface area (Å²) in [6.45, 7) is 0.250. The lowest BCUT2D eigenvalue weighted by Crippen LogP contribution is -2.52. The van der Waals surface area contributed by atoms with Crippen molar-refractivity contribution in [2.75, 3.05) is 13.7 Å². The molecule has 0 radical (unpaired) electrons. The normalized spacial score (nSPS) is 22.3. The first-order valence-electron chi connectivity index (χ1n) is 10.5. The van der Waals surface area contributed by atoms with Gasteiger partial charge in [0.05, 0.1) is 13.7 Å². The van der Waals surface area contributed by atoms with Crippen molar-refractivity contribution in [2.45, 2.75) is 30.8 Å². The number of carbonyl (C=O) groups is 3. The summed E-state index contributed by atoms with van der Waals surface area (Å²) in [5.41, 5.74) is 1.39. The number of aromatic nitrogens is 1. The molecule has 1 saturated heterocycles. The molecule has 0 bridgehead atoms. The number of benzene rings is 1. The lowest BCUT2D eigenvalue weighted by Gasteiger charge is -2.29. The molecule has 1 aliphatic carbocycles. The van der Waals surface area contributed by atoms with Crippen molar-refractivity contribution in [3.63, 3.8) is 0 Å². The van der Waals surface area contributed by atoms with E-state index in [-0.39, 0.29) is 18.2 Å². The average molecular weight is 432 g/mol. The van der Waals surface area contributed by atoms with Gasteiger partial charge in [0.1, 0.15) is 17.1 Å². The zero-order valence-electron chi connectivity index (χ0n) is 17.3. The van der Waals surface area contributed by atoms with Crippen LogP contribution in [0.5, 0.6) is 5.75 Å². The van der Waals surface area contributed by atoms with Crippen molar-refractivity contribution >= 4 is 28.8 Å². The third kappa shape index (κ3) is 2.77. The number of pyridine rings is 1. The molecule has 4 amide bonds. The maximum atomic E-state index is 13.1. The van der Waals surface area contributed by atoms with Crippen LogP contribution in [-0.2, 0) is 16.9 Å². The van der Waals surface area contributed by atoms with Gasteiger partial charge in [0.2, 0.25) is 0 Å². The lowest BCUT2D eigenvalue weighted by atomic mass is 9.95. The number of methoxy groups -OCH3 is 1. The van der Waals surface area contributed by atoms with E-state index < -0.39 is 17.5 Å². The van der Waals surface area contributed by atoms with Crippen LogP contribution in [0.25, 0.3) is 11.0 Å². The van der Waals surface area contributed by atoms with Crippen LogP contribution < -0.4 is 15.4 Å². The minimum atomic E-state index is -1.53. The Morgan fingerprint density at radius 2 is 2.06 bits per heavy atom. The van der Waals surface area contributed by atoms with E-state index in [1.165, 1.54) is 12.0 Å². The SMILES string of the molecule is COc1ccc2c(c1)C(=O)N(CC1(c3cc4cnc(C5CC5)cc4o3)NC(=O)NC1=O)C2. The van der Waals surface area contributed by atoms with E-state index in [1.54, 1.807) is 24.4 Å². The van der Waals surface area contributed by atoms with Gasteiger partial charge in [0.15, 0.2) is 5.54 Å². The Balaban J connectivity index is 1.38. The van der Waals surface area contributed by atoms with Gasteiger partial charge in [-0.1, -0.05) is 6.07 Å². The second-order valence-corrected chi connectivity index (χ2v) is 8.53. The van der Waals surface area contributed by atoms with E-state index in [0.29, 0.717) is 29.4 Å². The van der Waals surface area contributed by atoms with Crippen LogP contribution in [0.15, 0.2) is 40.9 Å². The largest absolute Gasteiger partial charge is 0.497 e. The first-order chi connectivity index (χ1) is 15.5. The number of nitrogens with zero attached hydrogens (tertiary/aromatic N) is 2. The number of carbonyl (C=O) groups excluding carboxylic acids is 3. The number of hydrogen-bond donors (Lipinski definition) is 2. The van der Waals surface area contributed by atoms with E-state index in [1.807, 2.05) is 12.1 Å². The number of ether oxygens (including phenoxy) is 1. The molecule has 9 heteroatoms. The highest BCUT2D eigenvalue weighted by atomic mass is 16.5. The minimum absolute atomic E-state index is 0.0663. The van der Waals surface area contributed by atoms with Crippen LogP contribution in [0.3, 0.4) is 0 Å². The summed E-state index contributed by atoms with van der Waals surface area (Å²) < 4.78 is 11.3. The third-order valence-corrected chi connectivity index (χ3v) is 6.40. The molecule has 6 rings (SSSR count).